The third-order valence-electron chi connectivity index (χ3n) is 2.97. The Bertz CT molecular complexity index is 681. The normalized spacial score (nSPS) is 11.2. The Labute approximate surface area is 119 Å². The summed E-state index contributed by atoms with van der Waals surface area (Å²) in [5, 5.41) is 0. The predicted octanol–water partition coefficient (Wildman–Crippen LogP) is 3.74. The van der Waals surface area contributed by atoms with E-state index in [1.165, 1.54) is 36.4 Å². The molecule has 0 heterocycles. The molecular weight excluding hydrogens is 283 g/mol. The first-order chi connectivity index (χ1) is 9.84. The summed E-state index contributed by atoms with van der Waals surface area (Å²) in [6.07, 6.45) is -4.53. The molecule has 0 aliphatic rings. The first kappa shape index (κ1) is 14.9. The van der Waals surface area contributed by atoms with Crippen molar-refractivity contribution in [2.24, 2.45) is 0 Å². The summed E-state index contributed by atoms with van der Waals surface area (Å²) in [7, 11) is 1.16. The minimum absolute atomic E-state index is 0.0309. The van der Waals surface area contributed by atoms with E-state index < -0.39 is 17.7 Å². The van der Waals surface area contributed by atoms with Gasteiger partial charge in [0.15, 0.2) is 0 Å². The zero-order chi connectivity index (χ0) is 15.6. The van der Waals surface area contributed by atoms with Crippen LogP contribution in [-0.4, -0.2) is 13.1 Å². The van der Waals surface area contributed by atoms with Crippen LogP contribution in [0.1, 0.15) is 15.9 Å². The third kappa shape index (κ3) is 2.99. The molecule has 0 radical (unpaired) electrons. The summed E-state index contributed by atoms with van der Waals surface area (Å²) in [4.78, 5) is 11.7. The van der Waals surface area contributed by atoms with E-state index in [4.69, 9.17) is 5.73 Å². The van der Waals surface area contributed by atoms with Crippen molar-refractivity contribution in [1.29, 1.82) is 0 Å². The Kier molecular flexibility index (Phi) is 3.88. The highest BCUT2D eigenvalue weighted by molar-refractivity contribution is 5.98. The van der Waals surface area contributed by atoms with Gasteiger partial charge in [-0.2, -0.15) is 13.2 Å². The number of anilines is 1. The fourth-order valence-electron chi connectivity index (χ4n) is 2.04. The van der Waals surface area contributed by atoms with Crippen molar-refractivity contribution in [3.05, 3.63) is 53.6 Å². The van der Waals surface area contributed by atoms with E-state index in [0.717, 1.165) is 13.2 Å². The molecule has 0 saturated carbocycles. The van der Waals surface area contributed by atoms with Crippen LogP contribution < -0.4 is 5.73 Å². The molecule has 0 saturated heterocycles. The van der Waals surface area contributed by atoms with Gasteiger partial charge >= 0.3 is 12.1 Å². The summed E-state index contributed by atoms with van der Waals surface area (Å²) in [5.41, 5.74) is 5.07. The van der Waals surface area contributed by atoms with Gasteiger partial charge in [0, 0.05) is 5.69 Å². The van der Waals surface area contributed by atoms with Gasteiger partial charge in [-0.3, -0.25) is 0 Å². The van der Waals surface area contributed by atoms with E-state index in [1.807, 2.05) is 0 Å². The minimum Gasteiger partial charge on any atom is -0.465 e. The number of benzene rings is 2. The molecule has 110 valence electrons. The number of alkyl halides is 3. The summed E-state index contributed by atoms with van der Waals surface area (Å²) in [6, 6.07) is 9.13. The van der Waals surface area contributed by atoms with E-state index in [1.54, 1.807) is 0 Å². The molecule has 0 fully saturated rings. The third-order valence-corrected chi connectivity index (χ3v) is 2.97. The molecule has 0 amide bonds. The maximum absolute atomic E-state index is 13.1. The van der Waals surface area contributed by atoms with Crippen LogP contribution >= 0.6 is 0 Å². The Morgan fingerprint density at radius 1 is 1.10 bits per heavy atom. The largest absolute Gasteiger partial charge is 0.465 e. The Morgan fingerprint density at radius 3 is 2.38 bits per heavy atom. The molecule has 21 heavy (non-hydrogen) atoms. The van der Waals surface area contributed by atoms with Gasteiger partial charge in [-0.15, -0.1) is 0 Å². The number of hydrogen-bond donors (Lipinski definition) is 1. The van der Waals surface area contributed by atoms with E-state index in [-0.39, 0.29) is 22.4 Å². The molecule has 2 aromatic rings. The smallest absolute Gasteiger partial charge is 0.417 e. The van der Waals surface area contributed by atoms with Crippen LogP contribution in [0.25, 0.3) is 11.1 Å². The lowest BCUT2D eigenvalue weighted by molar-refractivity contribution is -0.137. The number of hydrogen-bond acceptors (Lipinski definition) is 3. The van der Waals surface area contributed by atoms with Crippen LogP contribution in [0, 0.1) is 0 Å². The van der Waals surface area contributed by atoms with Crippen LogP contribution in [-0.2, 0) is 10.9 Å². The number of carbonyl (C=O) groups is 1. The van der Waals surface area contributed by atoms with E-state index in [9.17, 15) is 18.0 Å². The number of nitrogen functional groups attached to an aromatic ring is 1. The summed E-state index contributed by atoms with van der Waals surface area (Å²) < 4.78 is 43.9. The first-order valence-corrected chi connectivity index (χ1v) is 5.99. The van der Waals surface area contributed by atoms with Crippen LogP contribution in [0.3, 0.4) is 0 Å². The number of esters is 1. The molecule has 2 N–H and O–H groups in total. The second kappa shape index (κ2) is 5.47. The molecule has 2 rings (SSSR count). The molecule has 0 atom stereocenters. The van der Waals surface area contributed by atoms with Gasteiger partial charge in [-0.05, 0) is 35.4 Å². The fraction of sp³-hybridized carbons (Fsp3) is 0.133. The highest BCUT2D eigenvalue weighted by Crippen LogP contribution is 2.38. The molecule has 0 bridgehead atoms. The standard InChI is InChI=1S/C15H12F3NO2/c1-21-14(20)11-7-6-9(19)8-12(11)10-4-2-3-5-13(10)15(16,17)18/h2-8H,19H2,1H3. The second-order valence-corrected chi connectivity index (χ2v) is 4.34. The topological polar surface area (TPSA) is 52.3 Å². The van der Waals surface area contributed by atoms with Crippen molar-refractivity contribution in [1.82, 2.24) is 0 Å². The van der Waals surface area contributed by atoms with Crippen LogP contribution in [0.4, 0.5) is 18.9 Å². The SMILES string of the molecule is COC(=O)c1ccc(N)cc1-c1ccccc1C(F)(F)F. The molecule has 3 nitrogen and oxygen atoms in total. The summed E-state index contributed by atoms with van der Waals surface area (Å²) in [6.45, 7) is 0. The number of halogens is 3. The summed E-state index contributed by atoms with van der Waals surface area (Å²) in [5.74, 6) is -0.720. The van der Waals surface area contributed by atoms with Gasteiger partial charge in [-0.1, -0.05) is 18.2 Å². The molecule has 0 aliphatic carbocycles. The molecule has 0 unspecified atom stereocenters. The number of carbonyl (C=O) groups excluding carboxylic acids is 1. The lowest BCUT2D eigenvalue weighted by atomic mass is 9.94. The van der Waals surface area contributed by atoms with Crippen molar-refractivity contribution in [2.45, 2.75) is 6.18 Å². The molecule has 6 heteroatoms. The minimum atomic E-state index is -4.53. The van der Waals surface area contributed by atoms with E-state index in [2.05, 4.69) is 4.74 Å². The average Bonchev–Trinajstić information content (AvgIpc) is 2.45. The van der Waals surface area contributed by atoms with Gasteiger partial charge in [0.05, 0.1) is 18.2 Å². The highest BCUT2D eigenvalue weighted by Gasteiger charge is 2.34. The molecular formula is C15H12F3NO2. The van der Waals surface area contributed by atoms with Gasteiger partial charge in [-0.25, -0.2) is 4.79 Å². The Hall–Kier alpha value is -2.50. The number of ether oxygens (including phenoxy) is 1. The van der Waals surface area contributed by atoms with Crippen molar-refractivity contribution < 1.29 is 22.7 Å². The fourth-order valence-corrected chi connectivity index (χ4v) is 2.04. The van der Waals surface area contributed by atoms with E-state index in [0.29, 0.717) is 0 Å². The molecule has 2 aromatic carbocycles. The van der Waals surface area contributed by atoms with Crippen LogP contribution in [0.15, 0.2) is 42.5 Å². The monoisotopic (exact) mass is 295 g/mol. The van der Waals surface area contributed by atoms with Crippen LogP contribution in [0.5, 0.6) is 0 Å². The van der Waals surface area contributed by atoms with Gasteiger partial charge < -0.3 is 10.5 Å². The van der Waals surface area contributed by atoms with Crippen molar-refractivity contribution in [2.75, 3.05) is 12.8 Å². The predicted molar refractivity (Wildman–Crippen MR) is 72.6 cm³/mol. The molecule has 0 spiro atoms. The number of nitrogens with two attached hydrogens (primary N) is 1. The summed E-state index contributed by atoms with van der Waals surface area (Å²) >= 11 is 0. The van der Waals surface area contributed by atoms with Gasteiger partial charge in [0.1, 0.15) is 0 Å². The average molecular weight is 295 g/mol. The van der Waals surface area contributed by atoms with E-state index >= 15 is 0 Å². The zero-order valence-corrected chi connectivity index (χ0v) is 11.1. The quantitative estimate of drug-likeness (QED) is 0.678. The lowest BCUT2D eigenvalue weighted by Gasteiger charge is -2.15. The van der Waals surface area contributed by atoms with Crippen molar-refractivity contribution >= 4 is 11.7 Å². The van der Waals surface area contributed by atoms with Gasteiger partial charge in [0.2, 0.25) is 0 Å². The van der Waals surface area contributed by atoms with Crippen molar-refractivity contribution in [3.63, 3.8) is 0 Å². The highest BCUT2D eigenvalue weighted by atomic mass is 19.4. The van der Waals surface area contributed by atoms with Crippen molar-refractivity contribution in [3.8, 4) is 11.1 Å². The zero-order valence-electron chi connectivity index (χ0n) is 11.1. The Balaban J connectivity index is 2.73. The molecule has 0 aromatic heterocycles. The van der Waals surface area contributed by atoms with Crippen LogP contribution in [0.2, 0.25) is 0 Å². The molecule has 0 aliphatic heterocycles. The Morgan fingerprint density at radius 2 is 1.76 bits per heavy atom. The van der Waals surface area contributed by atoms with Gasteiger partial charge in [0.25, 0.3) is 0 Å². The lowest BCUT2D eigenvalue weighted by Crippen LogP contribution is -2.10. The number of rotatable bonds is 2. The number of methoxy groups -OCH3 is 1. The maximum atomic E-state index is 13.1. The second-order valence-electron chi connectivity index (χ2n) is 4.34. The first-order valence-electron chi connectivity index (χ1n) is 5.99. The maximum Gasteiger partial charge on any atom is 0.417 e.